The molecule has 1 aromatic carbocycles. The summed E-state index contributed by atoms with van der Waals surface area (Å²) in [6.45, 7) is 10.4. The van der Waals surface area contributed by atoms with Gasteiger partial charge in [-0.3, -0.25) is 18.9 Å². The van der Waals surface area contributed by atoms with Gasteiger partial charge in [-0.2, -0.15) is 0 Å². The van der Waals surface area contributed by atoms with Crippen molar-refractivity contribution in [3.8, 4) is 11.5 Å². The summed E-state index contributed by atoms with van der Waals surface area (Å²) in [6, 6.07) is 10.2. The molecule has 0 saturated carbocycles. The number of aryl methyl sites for hydroxylation is 1. The van der Waals surface area contributed by atoms with Crippen LogP contribution in [-0.2, 0) is 14.3 Å². The number of hydrogen-bond donors (Lipinski definition) is 1. The maximum atomic E-state index is 13.7. The van der Waals surface area contributed by atoms with Crippen molar-refractivity contribution >= 4 is 23.1 Å². The van der Waals surface area contributed by atoms with Gasteiger partial charge in [0.1, 0.15) is 11.3 Å². The van der Waals surface area contributed by atoms with E-state index in [-0.39, 0.29) is 11.3 Å². The molecule has 2 fully saturated rings. The molecule has 2 saturated heterocycles. The number of aliphatic hydroxyl groups is 1. The van der Waals surface area contributed by atoms with Crippen molar-refractivity contribution < 1.29 is 28.9 Å². The normalized spacial score (nSPS) is 19.3. The van der Waals surface area contributed by atoms with Crippen molar-refractivity contribution in [3.63, 3.8) is 0 Å². The van der Waals surface area contributed by atoms with E-state index >= 15 is 0 Å². The number of ether oxygens (including phenoxy) is 3. The average molecular weight is 563 g/mol. The Kier molecular flexibility index (Phi) is 8.90. The number of hydrogen-bond acceptors (Lipinski definition) is 8. The summed E-state index contributed by atoms with van der Waals surface area (Å²) in [7, 11) is 0. The van der Waals surface area contributed by atoms with Gasteiger partial charge in [-0.05, 0) is 50.1 Å². The lowest BCUT2D eigenvalue weighted by molar-refractivity contribution is -0.140. The van der Waals surface area contributed by atoms with Gasteiger partial charge in [-0.1, -0.05) is 25.5 Å². The van der Waals surface area contributed by atoms with E-state index in [1.807, 2.05) is 43.3 Å². The molecule has 218 valence electrons. The van der Waals surface area contributed by atoms with Crippen LogP contribution in [0.25, 0.3) is 11.4 Å². The van der Waals surface area contributed by atoms with Crippen LogP contribution in [0.1, 0.15) is 49.7 Å². The molecular formula is C31H38N4O6. The number of Topliss-reactive ketones (excluding diaryl/α,β-unsaturated/α-hetero) is 1. The predicted molar refractivity (Wildman–Crippen MR) is 154 cm³/mol. The number of rotatable bonds is 11. The second-order valence-corrected chi connectivity index (χ2v) is 10.3. The Morgan fingerprint density at radius 1 is 1.07 bits per heavy atom. The Morgan fingerprint density at radius 2 is 1.88 bits per heavy atom. The van der Waals surface area contributed by atoms with Gasteiger partial charge in [-0.15, -0.1) is 0 Å². The first-order valence-corrected chi connectivity index (χ1v) is 14.4. The van der Waals surface area contributed by atoms with Gasteiger partial charge >= 0.3 is 0 Å². The number of aliphatic hydroxyl groups excluding tert-OH is 1. The number of fused-ring (bicyclic) bond motifs is 1. The minimum atomic E-state index is -0.811. The fourth-order valence-corrected chi connectivity index (χ4v) is 5.47. The molecule has 1 unspecified atom stereocenters. The van der Waals surface area contributed by atoms with E-state index in [0.29, 0.717) is 73.6 Å². The van der Waals surface area contributed by atoms with Crippen molar-refractivity contribution in [1.82, 2.24) is 19.2 Å². The van der Waals surface area contributed by atoms with Crippen LogP contribution in [0.2, 0.25) is 0 Å². The van der Waals surface area contributed by atoms with Crippen LogP contribution in [-0.4, -0.2) is 88.6 Å². The summed E-state index contributed by atoms with van der Waals surface area (Å²) in [5.41, 5.74) is 2.28. The van der Waals surface area contributed by atoms with E-state index < -0.39 is 17.7 Å². The first kappa shape index (κ1) is 28.6. The highest BCUT2D eigenvalue weighted by atomic mass is 16.5. The fraction of sp³-hybridized carbons (Fsp3) is 0.452. The Morgan fingerprint density at radius 3 is 2.63 bits per heavy atom. The van der Waals surface area contributed by atoms with Crippen molar-refractivity contribution in [2.75, 3.05) is 52.6 Å². The molecule has 1 atom stereocenters. The lowest BCUT2D eigenvalue weighted by Crippen LogP contribution is -2.42. The van der Waals surface area contributed by atoms with Crippen LogP contribution in [0.5, 0.6) is 11.5 Å². The smallest absolute Gasteiger partial charge is 0.295 e. The van der Waals surface area contributed by atoms with Gasteiger partial charge in [0, 0.05) is 32.4 Å². The first-order chi connectivity index (χ1) is 19.9. The number of unbranched alkanes of at least 4 members (excludes halogenated alkanes) is 1. The van der Waals surface area contributed by atoms with Crippen LogP contribution in [0, 0.1) is 6.92 Å². The molecule has 1 N–H and O–H groups in total. The molecule has 0 spiro atoms. The Bertz CT molecular complexity index is 1440. The van der Waals surface area contributed by atoms with Crippen molar-refractivity contribution in [1.29, 1.82) is 0 Å². The van der Waals surface area contributed by atoms with E-state index in [9.17, 15) is 14.7 Å². The molecule has 3 aromatic rings. The van der Waals surface area contributed by atoms with Gasteiger partial charge in [-0.25, -0.2) is 4.98 Å². The molecule has 1 amide bonds. The number of benzene rings is 1. The zero-order valence-electron chi connectivity index (χ0n) is 24.0. The van der Waals surface area contributed by atoms with Crippen LogP contribution in [0.4, 0.5) is 0 Å². The third-order valence-corrected chi connectivity index (χ3v) is 7.57. The molecule has 5 rings (SSSR count). The Hall–Kier alpha value is -3.89. The number of likely N-dealkylation sites (tertiary alicyclic amines) is 1. The lowest BCUT2D eigenvalue weighted by Gasteiger charge is -2.31. The molecule has 0 radical (unpaired) electrons. The fourth-order valence-electron chi connectivity index (χ4n) is 5.47. The molecule has 0 aliphatic carbocycles. The molecule has 2 aromatic heterocycles. The lowest BCUT2D eigenvalue weighted by atomic mass is 9.96. The second kappa shape index (κ2) is 12.7. The number of morpholine rings is 1. The number of ketones is 1. The van der Waals surface area contributed by atoms with E-state index in [1.165, 1.54) is 0 Å². The Labute approximate surface area is 240 Å². The second-order valence-electron chi connectivity index (χ2n) is 10.3. The molecule has 4 heterocycles. The number of carbonyl (C=O) groups is 2. The number of nitrogens with zero attached hydrogens (tertiary/aromatic N) is 4. The third kappa shape index (κ3) is 5.80. The highest BCUT2D eigenvalue weighted by Gasteiger charge is 2.46. The summed E-state index contributed by atoms with van der Waals surface area (Å²) >= 11 is 0. The predicted octanol–water partition coefficient (Wildman–Crippen LogP) is 3.97. The molecule has 0 bridgehead atoms. The zero-order chi connectivity index (χ0) is 28.9. The van der Waals surface area contributed by atoms with Gasteiger partial charge in [0.05, 0.1) is 43.7 Å². The minimum Gasteiger partial charge on any atom is -0.505 e. The van der Waals surface area contributed by atoms with E-state index in [2.05, 4.69) is 16.8 Å². The summed E-state index contributed by atoms with van der Waals surface area (Å²) in [5.74, 6) is -0.476. The summed E-state index contributed by atoms with van der Waals surface area (Å²) < 4.78 is 19.1. The summed E-state index contributed by atoms with van der Waals surface area (Å²) in [4.78, 5) is 35.5. The third-order valence-electron chi connectivity index (χ3n) is 7.57. The number of imidazole rings is 1. The maximum Gasteiger partial charge on any atom is 0.295 e. The number of amides is 1. The van der Waals surface area contributed by atoms with Crippen molar-refractivity contribution in [2.24, 2.45) is 0 Å². The molecule has 10 heteroatoms. The number of aromatic nitrogens is 2. The van der Waals surface area contributed by atoms with Gasteiger partial charge < -0.3 is 24.2 Å². The van der Waals surface area contributed by atoms with E-state index in [4.69, 9.17) is 14.2 Å². The Balaban J connectivity index is 1.60. The molecule has 2 aliphatic heterocycles. The standard InChI is InChI=1S/C31H38N4O6/c1-4-6-17-41-23-11-10-22(20-24(23)40-5-2)28-26(29(36)27-21(3)32-25-9-7-8-12-34(25)27)30(37)31(38)35(28)14-13-33-15-18-39-19-16-33/h7-12,20,28,36H,4-6,13-19H2,1-3H3/b29-26+. The van der Waals surface area contributed by atoms with Crippen molar-refractivity contribution in [3.05, 3.63) is 65.1 Å². The number of carbonyl (C=O) groups excluding carboxylic acids is 2. The molecular weight excluding hydrogens is 524 g/mol. The monoisotopic (exact) mass is 562 g/mol. The zero-order valence-corrected chi connectivity index (χ0v) is 24.0. The number of pyridine rings is 1. The van der Waals surface area contributed by atoms with Gasteiger partial charge in [0.15, 0.2) is 17.3 Å². The van der Waals surface area contributed by atoms with Gasteiger partial charge in [0.25, 0.3) is 11.7 Å². The highest BCUT2D eigenvalue weighted by molar-refractivity contribution is 6.46. The topological polar surface area (TPSA) is 106 Å². The molecule has 41 heavy (non-hydrogen) atoms. The van der Waals surface area contributed by atoms with Gasteiger partial charge in [0.2, 0.25) is 0 Å². The van der Waals surface area contributed by atoms with Crippen LogP contribution in [0.15, 0.2) is 48.2 Å². The summed E-state index contributed by atoms with van der Waals surface area (Å²) in [6.07, 6.45) is 3.69. The average Bonchev–Trinajstić information content (AvgIpc) is 3.45. The minimum absolute atomic E-state index is 0.0350. The van der Waals surface area contributed by atoms with Crippen molar-refractivity contribution in [2.45, 2.75) is 39.7 Å². The van der Waals surface area contributed by atoms with Crippen LogP contribution in [0.3, 0.4) is 0 Å². The molecule has 10 nitrogen and oxygen atoms in total. The molecule has 2 aliphatic rings. The largest absolute Gasteiger partial charge is 0.505 e. The first-order valence-electron chi connectivity index (χ1n) is 14.4. The maximum absolute atomic E-state index is 13.7. The van der Waals surface area contributed by atoms with Crippen LogP contribution < -0.4 is 9.47 Å². The summed E-state index contributed by atoms with van der Waals surface area (Å²) in [5, 5.41) is 11.7. The van der Waals surface area contributed by atoms with Crippen LogP contribution >= 0.6 is 0 Å². The quantitative estimate of drug-likeness (QED) is 0.162. The van der Waals surface area contributed by atoms with E-state index in [0.717, 1.165) is 25.9 Å². The SMILES string of the molecule is CCCCOc1ccc(C2/C(=C(\O)c3c(C)nc4ccccn34)C(=O)C(=O)N2CCN2CCOCC2)cc1OCC. The highest BCUT2D eigenvalue weighted by Crippen LogP contribution is 2.42. The van der Waals surface area contributed by atoms with E-state index in [1.54, 1.807) is 22.4 Å².